The van der Waals surface area contributed by atoms with Crippen LogP contribution in [0.25, 0.3) is 0 Å². The third kappa shape index (κ3) is 4.09. The fraction of sp³-hybridized carbons (Fsp3) is 0.308. The molecule has 3 aromatic carbocycles. The van der Waals surface area contributed by atoms with Gasteiger partial charge in [0.05, 0.1) is 0 Å². The SMILES string of the molecule is Cc1cc(O)c2c(c1Oc1ccc(OCc3ccccc3)c(C(C)C)c1)CCC2. The van der Waals surface area contributed by atoms with Crippen molar-refractivity contribution in [1.29, 1.82) is 0 Å². The molecule has 0 fully saturated rings. The minimum absolute atomic E-state index is 0.316. The summed E-state index contributed by atoms with van der Waals surface area (Å²) in [5.41, 5.74) is 5.44. The molecule has 1 aliphatic carbocycles. The molecule has 3 aromatic rings. The maximum absolute atomic E-state index is 10.2. The number of aryl methyl sites for hydroxylation is 1. The van der Waals surface area contributed by atoms with Crippen LogP contribution in [0, 0.1) is 6.92 Å². The van der Waals surface area contributed by atoms with Gasteiger partial charge in [0.2, 0.25) is 0 Å². The molecule has 3 nitrogen and oxygen atoms in total. The van der Waals surface area contributed by atoms with Crippen molar-refractivity contribution in [3.8, 4) is 23.0 Å². The van der Waals surface area contributed by atoms with E-state index in [4.69, 9.17) is 9.47 Å². The van der Waals surface area contributed by atoms with Crippen LogP contribution in [0.5, 0.6) is 23.0 Å². The number of aromatic hydroxyl groups is 1. The first-order valence-corrected chi connectivity index (χ1v) is 10.4. The van der Waals surface area contributed by atoms with E-state index >= 15 is 0 Å². The summed E-state index contributed by atoms with van der Waals surface area (Å²) in [4.78, 5) is 0. The zero-order chi connectivity index (χ0) is 20.4. The summed E-state index contributed by atoms with van der Waals surface area (Å²) in [6.07, 6.45) is 2.93. The molecule has 0 bridgehead atoms. The maximum Gasteiger partial charge on any atom is 0.134 e. The van der Waals surface area contributed by atoms with E-state index in [0.29, 0.717) is 18.3 Å². The first-order chi connectivity index (χ1) is 14.0. The molecule has 0 heterocycles. The number of hydrogen-bond donors (Lipinski definition) is 1. The van der Waals surface area contributed by atoms with E-state index in [1.165, 1.54) is 0 Å². The molecule has 3 heteroatoms. The minimum Gasteiger partial charge on any atom is -0.508 e. The van der Waals surface area contributed by atoms with E-state index in [-0.39, 0.29) is 0 Å². The normalized spacial score (nSPS) is 12.8. The Balaban J connectivity index is 1.60. The summed E-state index contributed by atoms with van der Waals surface area (Å²) in [6.45, 7) is 6.87. The molecule has 0 radical (unpaired) electrons. The molecule has 0 aliphatic heterocycles. The van der Waals surface area contributed by atoms with Gasteiger partial charge in [-0.3, -0.25) is 0 Å². The number of phenols is 1. The van der Waals surface area contributed by atoms with Crippen LogP contribution in [-0.2, 0) is 19.4 Å². The van der Waals surface area contributed by atoms with E-state index in [1.54, 1.807) is 0 Å². The summed E-state index contributed by atoms with van der Waals surface area (Å²) in [6, 6.07) is 18.1. The highest BCUT2D eigenvalue weighted by Crippen LogP contribution is 2.42. The first kappa shape index (κ1) is 19.4. The second kappa shape index (κ2) is 8.20. The fourth-order valence-electron chi connectivity index (χ4n) is 4.04. The molecule has 0 amide bonds. The van der Waals surface area contributed by atoms with E-state index in [9.17, 15) is 5.11 Å². The minimum atomic E-state index is 0.316. The number of ether oxygens (including phenoxy) is 2. The summed E-state index contributed by atoms with van der Waals surface area (Å²) >= 11 is 0. The standard InChI is InChI=1S/C26H28O3/c1-17(2)23-15-20(12-13-25(23)28-16-19-8-5-4-6-9-19)29-26-18(3)14-24(27)21-10-7-11-22(21)26/h4-6,8-9,12-15,17,27H,7,10-11,16H2,1-3H3. The number of hydrogen-bond acceptors (Lipinski definition) is 3. The molecule has 0 atom stereocenters. The van der Waals surface area contributed by atoms with Gasteiger partial charge in [-0.1, -0.05) is 44.2 Å². The average Bonchev–Trinajstić information content (AvgIpc) is 3.21. The van der Waals surface area contributed by atoms with Crippen molar-refractivity contribution in [3.05, 3.63) is 82.4 Å². The Morgan fingerprint density at radius 1 is 0.966 bits per heavy atom. The van der Waals surface area contributed by atoms with Crippen LogP contribution < -0.4 is 9.47 Å². The second-order valence-electron chi connectivity index (χ2n) is 8.08. The van der Waals surface area contributed by atoms with Gasteiger partial charge in [0.25, 0.3) is 0 Å². The lowest BCUT2D eigenvalue weighted by Crippen LogP contribution is -2.01. The lowest BCUT2D eigenvalue weighted by molar-refractivity contribution is 0.301. The van der Waals surface area contributed by atoms with Crippen LogP contribution in [0.1, 0.15) is 54.0 Å². The first-order valence-electron chi connectivity index (χ1n) is 10.4. The fourth-order valence-corrected chi connectivity index (χ4v) is 4.04. The zero-order valence-electron chi connectivity index (χ0n) is 17.4. The molecule has 1 N–H and O–H groups in total. The molecule has 0 aromatic heterocycles. The number of phenolic OH excluding ortho intramolecular Hbond substituents is 1. The lowest BCUT2D eigenvalue weighted by Gasteiger charge is -2.18. The maximum atomic E-state index is 10.2. The van der Waals surface area contributed by atoms with Crippen molar-refractivity contribution in [2.24, 2.45) is 0 Å². The van der Waals surface area contributed by atoms with Gasteiger partial charge >= 0.3 is 0 Å². The monoisotopic (exact) mass is 388 g/mol. The summed E-state index contributed by atoms with van der Waals surface area (Å²) < 4.78 is 12.5. The topological polar surface area (TPSA) is 38.7 Å². The van der Waals surface area contributed by atoms with Crippen molar-refractivity contribution < 1.29 is 14.6 Å². The van der Waals surface area contributed by atoms with Crippen LogP contribution in [0.4, 0.5) is 0 Å². The van der Waals surface area contributed by atoms with Crippen molar-refractivity contribution in [3.63, 3.8) is 0 Å². The predicted molar refractivity (Wildman–Crippen MR) is 116 cm³/mol. The van der Waals surface area contributed by atoms with E-state index in [2.05, 4.69) is 32.0 Å². The third-order valence-corrected chi connectivity index (χ3v) is 5.57. The highest BCUT2D eigenvalue weighted by atomic mass is 16.5. The van der Waals surface area contributed by atoms with Crippen LogP contribution in [0.15, 0.2) is 54.6 Å². The predicted octanol–water partition coefficient (Wildman–Crippen LogP) is 6.68. The molecule has 0 unspecified atom stereocenters. The van der Waals surface area contributed by atoms with Crippen molar-refractivity contribution in [2.75, 3.05) is 0 Å². The van der Waals surface area contributed by atoms with Crippen LogP contribution >= 0.6 is 0 Å². The summed E-state index contributed by atoms with van der Waals surface area (Å²) in [7, 11) is 0. The second-order valence-corrected chi connectivity index (χ2v) is 8.08. The zero-order valence-corrected chi connectivity index (χ0v) is 17.4. The Morgan fingerprint density at radius 3 is 2.48 bits per heavy atom. The molecular formula is C26H28O3. The van der Waals surface area contributed by atoms with Gasteiger partial charge in [-0.2, -0.15) is 0 Å². The van der Waals surface area contributed by atoms with E-state index in [1.807, 2.05) is 43.3 Å². The number of benzene rings is 3. The van der Waals surface area contributed by atoms with Gasteiger partial charge in [0.1, 0.15) is 29.6 Å². The van der Waals surface area contributed by atoms with Crippen molar-refractivity contribution >= 4 is 0 Å². The van der Waals surface area contributed by atoms with Crippen LogP contribution in [0.3, 0.4) is 0 Å². The van der Waals surface area contributed by atoms with E-state index in [0.717, 1.165) is 64.3 Å². The molecule has 150 valence electrons. The van der Waals surface area contributed by atoms with Crippen LogP contribution in [0.2, 0.25) is 0 Å². The summed E-state index contributed by atoms with van der Waals surface area (Å²) in [5.74, 6) is 3.31. The van der Waals surface area contributed by atoms with Crippen molar-refractivity contribution in [1.82, 2.24) is 0 Å². The molecule has 0 saturated heterocycles. The van der Waals surface area contributed by atoms with Crippen LogP contribution in [-0.4, -0.2) is 5.11 Å². The largest absolute Gasteiger partial charge is 0.508 e. The van der Waals surface area contributed by atoms with Gasteiger partial charge in [0, 0.05) is 16.7 Å². The number of fused-ring (bicyclic) bond motifs is 1. The molecule has 4 rings (SSSR count). The third-order valence-electron chi connectivity index (χ3n) is 5.57. The molecular weight excluding hydrogens is 360 g/mol. The Kier molecular flexibility index (Phi) is 5.48. The van der Waals surface area contributed by atoms with Gasteiger partial charge in [-0.15, -0.1) is 0 Å². The van der Waals surface area contributed by atoms with Crippen molar-refractivity contribution in [2.45, 2.75) is 52.6 Å². The highest BCUT2D eigenvalue weighted by Gasteiger charge is 2.22. The average molecular weight is 389 g/mol. The smallest absolute Gasteiger partial charge is 0.134 e. The molecule has 1 aliphatic rings. The molecule has 0 saturated carbocycles. The van der Waals surface area contributed by atoms with Gasteiger partial charge < -0.3 is 14.6 Å². The highest BCUT2D eigenvalue weighted by molar-refractivity contribution is 5.56. The summed E-state index contributed by atoms with van der Waals surface area (Å²) in [5, 5.41) is 10.2. The molecule has 0 spiro atoms. The van der Waals surface area contributed by atoms with E-state index < -0.39 is 0 Å². The molecule has 29 heavy (non-hydrogen) atoms. The lowest BCUT2D eigenvalue weighted by atomic mass is 10.0. The van der Waals surface area contributed by atoms with Gasteiger partial charge in [-0.05, 0) is 67.5 Å². The number of rotatable bonds is 6. The Hall–Kier alpha value is -2.94. The quantitative estimate of drug-likeness (QED) is 0.511. The Bertz CT molecular complexity index is 1010. The van der Waals surface area contributed by atoms with Gasteiger partial charge in [-0.25, -0.2) is 0 Å². The van der Waals surface area contributed by atoms with Gasteiger partial charge in [0.15, 0.2) is 0 Å². The Labute approximate surface area is 172 Å². The Morgan fingerprint density at radius 2 is 1.72 bits per heavy atom.